The summed E-state index contributed by atoms with van der Waals surface area (Å²) in [5, 5.41) is 8.68. The van der Waals surface area contributed by atoms with Crippen molar-refractivity contribution < 1.29 is 9.90 Å². The summed E-state index contributed by atoms with van der Waals surface area (Å²) < 4.78 is 0.363. The van der Waals surface area contributed by atoms with Crippen LogP contribution in [0.1, 0.15) is 0 Å². The highest BCUT2D eigenvalue weighted by Gasteiger charge is 2.31. The highest BCUT2D eigenvalue weighted by atomic mass is 32.2. The van der Waals surface area contributed by atoms with Crippen LogP contribution in [0.2, 0.25) is 0 Å². The molecule has 1 fully saturated rings. The Morgan fingerprint density at radius 1 is 1.82 bits per heavy atom. The van der Waals surface area contributed by atoms with Crippen LogP contribution in [0.4, 0.5) is 0 Å². The quantitative estimate of drug-likeness (QED) is 0.490. The van der Waals surface area contributed by atoms with Crippen LogP contribution in [0, 0.1) is 0 Å². The second kappa shape index (κ2) is 3.64. The number of carboxylic acids is 1. The lowest BCUT2D eigenvalue weighted by Crippen LogP contribution is -2.38. The van der Waals surface area contributed by atoms with Crippen LogP contribution in [-0.2, 0) is 4.79 Å². The number of nitrogens with zero attached hydrogens (tertiary/aromatic N) is 1. The molecular formula is C5H7NO2S3. The van der Waals surface area contributed by atoms with Gasteiger partial charge >= 0.3 is 5.97 Å². The average molecular weight is 209 g/mol. The van der Waals surface area contributed by atoms with E-state index in [2.05, 4.69) is 12.6 Å². The van der Waals surface area contributed by atoms with Gasteiger partial charge in [-0.15, -0.1) is 24.4 Å². The molecule has 1 N–H and O–H groups in total. The standard InChI is InChI=1S/C5H7NO2S3/c7-4(8)3-1-11-2-6(3)5(9)10/h3H,1-2H2,(H,7,8)(H,9,10)/t3-/m0/s1. The van der Waals surface area contributed by atoms with E-state index in [1.807, 2.05) is 0 Å². The van der Waals surface area contributed by atoms with Gasteiger partial charge in [0.05, 0.1) is 5.88 Å². The molecule has 1 saturated heterocycles. The Balaban J connectivity index is 2.65. The van der Waals surface area contributed by atoms with E-state index in [0.717, 1.165) is 0 Å². The number of carboxylic acid groups (broad SMARTS) is 1. The summed E-state index contributed by atoms with van der Waals surface area (Å²) in [6.07, 6.45) is 0. The molecule has 0 radical (unpaired) electrons. The zero-order valence-electron chi connectivity index (χ0n) is 5.56. The molecule has 1 rings (SSSR count). The van der Waals surface area contributed by atoms with Gasteiger partial charge in [-0.2, -0.15) is 0 Å². The fourth-order valence-corrected chi connectivity index (χ4v) is 2.57. The summed E-state index contributed by atoms with van der Waals surface area (Å²) in [5.41, 5.74) is 0. The van der Waals surface area contributed by atoms with E-state index in [4.69, 9.17) is 17.3 Å². The van der Waals surface area contributed by atoms with Crippen molar-refractivity contribution in [1.29, 1.82) is 0 Å². The highest BCUT2D eigenvalue weighted by molar-refractivity contribution is 8.11. The van der Waals surface area contributed by atoms with Gasteiger partial charge in [-0.1, -0.05) is 12.2 Å². The lowest BCUT2D eigenvalue weighted by Gasteiger charge is -2.19. The van der Waals surface area contributed by atoms with Crippen LogP contribution in [0.25, 0.3) is 0 Å². The van der Waals surface area contributed by atoms with Crippen LogP contribution in [0.3, 0.4) is 0 Å². The number of rotatable bonds is 1. The van der Waals surface area contributed by atoms with Gasteiger partial charge in [0, 0.05) is 5.75 Å². The number of thiol groups is 1. The van der Waals surface area contributed by atoms with Crippen LogP contribution >= 0.6 is 36.6 Å². The molecule has 0 amide bonds. The predicted octanol–water partition coefficient (Wildman–Crippen LogP) is 0.661. The average Bonchev–Trinajstić information content (AvgIpc) is 2.32. The molecule has 0 bridgehead atoms. The minimum Gasteiger partial charge on any atom is -0.480 e. The Labute approximate surface area is 79.5 Å². The van der Waals surface area contributed by atoms with E-state index < -0.39 is 12.0 Å². The van der Waals surface area contributed by atoms with Crippen molar-refractivity contribution in [3.8, 4) is 0 Å². The smallest absolute Gasteiger partial charge is 0.327 e. The zero-order chi connectivity index (χ0) is 8.43. The lowest BCUT2D eigenvalue weighted by atomic mass is 10.3. The van der Waals surface area contributed by atoms with Crippen LogP contribution in [0.15, 0.2) is 0 Å². The third kappa shape index (κ3) is 2.00. The molecule has 0 aromatic heterocycles. The summed E-state index contributed by atoms with van der Waals surface area (Å²) in [6.45, 7) is 0. The van der Waals surface area contributed by atoms with Gasteiger partial charge in [-0.05, 0) is 0 Å². The maximum absolute atomic E-state index is 10.6. The Morgan fingerprint density at radius 3 is 2.82 bits per heavy atom. The van der Waals surface area contributed by atoms with Crippen LogP contribution < -0.4 is 0 Å². The first-order valence-electron chi connectivity index (χ1n) is 2.93. The number of carbonyl (C=O) groups is 1. The van der Waals surface area contributed by atoms with Crippen molar-refractivity contribution in [2.24, 2.45) is 0 Å². The molecule has 1 heterocycles. The fourth-order valence-electron chi connectivity index (χ4n) is 0.836. The van der Waals surface area contributed by atoms with Crippen molar-refractivity contribution in [3.05, 3.63) is 0 Å². The van der Waals surface area contributed by atoms with E-state index in [0.29, 0.717) is 16.0 Å². The molecule has 0 aromatic rings. The lowest BCUT2D eigenvalue weighted by molar-refractivity contribution is -0.140. The molecular weight excluding hydrogens is 202 g/mol. The monoisotopic (exact) mass is 209 g/mol. The third-order valence-corrected chi connectivity index (χ3v) is 2.92. The van der Waals surface area contributed by atoms with Gasteiger partial charge in [0.1, 0.15) is 10.4 Å². The largest absolute Gasteiger partial charge is 0.480 e. The number of thioether (sulfide) groups is 1. The SMILES string of the molecule is O=C(O)[C@@H]1CSCN1C(=S)S. The molecule has 0 spiro atoms. The maximum Gasteiger partial charge on any atom is 0.327 e. The van der Waals surface area contributed by atoms with Gasteiger partial charge in [0.2, 0.25) is 0 Å². The second-order valence-electron chi connectivity index (χ2n) is 2.11. The topological polar surface area (TPSA) is 40.5 Å². The van der Waals surface area contributed by atoms with Crippen molar-refractivity contribution >= 4 is 46.9 Å². The van der Waals surface area contributed by atoms with Crippen molar-refractivity contribution in [2.75, 3.05) is 11.6 Å². The number of thiocarbonyl (C=S) groups is 1. The maximum atomic E-state index is 10.6. The zero-order valence-corrected chi connectivity index (χ0v) is 8.09. The molecule has 11 heavy (non-hydrogen) atoms. The van der Waals surface area contributed by atoms with E-state index in [9.17, 15) is 4.79 Å². The molecule has 0 unspecified atom stereocenters. The van der Waals surface area contributed by atoms with E-state index >= 15 is 0 Å². The predicted molar refractivity (Wildman–Crippen MR) is 52.2 cm³/mol. The molecule has 0 aromatic carbocycles. The Hall–Kier alpha value is 0.0600. The van der Waals surface area contributed by atoms with E-state index in [-0.39, 0.29) is 0 Å². The number of hydrogen-bond acceptors (Lipinski definition) is 3. The van der Waals surface area contributed by atoms with Gasteiger partial charge < -0.3 is 10.0 Å². The van der Waals surface area contributed by atoms with Gasteiger partial charge in [0.25, 0.3) is 0 Å². The molecule has 0 saturated carbocycles. The summed E-state index contributed by atoms with van der Waals surface area (Å²) in [4.78, 5) is 12.2. The van der Waals surface area contributed by atoms with E-state index in [1.165, 1.54) is 0 Å². The summed E-state index contributed by atoms with van der Waals surface area (Å²) in [6, 6.07) is -0.481. The Morgan fingerprint density at radius 2 is 2.45 bits per heavy atom. The number of hydrogen-bond donors (Lipinski definition) is 2. The van der Waals surface area contributed by atoms with Crippen molar-refractivity contribution in [3.63, 3.8) is 0 Å². The number of aliphatic carboxylic acids is 1. The van der Waals surface area contributed by atoms with Crippen molar-refractivity contribution in [2.45, 2.75) is 6.04 Å². The van der Waals surface area contributed by atoms with E-state index in [1.54, 1.807) is 16.7 Å². The summed E-state index contributed by atoms with van der Waals surface area (Å²) in [5.74, 6) is 0.404. The molecule has 3 nitrogen and oxygen atoms in total. The minimum absolute atomic E-state index is 0.363. The molecule has 0 aliphatic carbocycles. The molecule has 6 heteroatoms. The summed E-state index contributed by atoms with van der Waals surface area (Å²) >= 11 is 10.2. The molecule has 62 valence electrons. The molecule has 1 aliphatic rings. The normalized spacial score (nSPS) is 23.7. The first kappa shape index (κ1) is 9.15. The minimum atomic E-state index is -0.827. The third-order valence-electron chi connectivity index (χ3n) is 1.41. The Kier molecular flexibility index (Phi) is 3.03. The first-order valence-corrected chi connectivity index (χ1v) is 4.94. The molecule has 1 aliphatic heterocycles. The summed E-state index contributed by atoms with van der Waals surface area (Å²) in [7, 11) is 0. The second-order valence-corrected chi connectivity index (χ2v) is 4.22. The molecule has 1 atom stereocenters. The van der Waals surface area contributed by atoms with Gasteiger partial charge in [-0.25, -0.2) is 4.79 Å². The van der Waals surface area contributed by atoms with Gasteiger partial charge in [0.15, 0.2) is 0 Å². The van der Waals surface area contributed by atoms with Crippen LogP contribution in [0.5, 0.6) is 0 Å². The van der Waals surface area contributed by atoms with Crippen LogP contribution in [-0.4, -0.2) is 38.0 Å². The van der Waals surface area contributed by atoms with Crippen molar-refractivity contribution in [1.82, 2.24) is 4.90 Å². The van der Waals surface area contributed by atoms with Gasteiger partial charge in [-0.3, -0.25) is 0 Å². The fraction of sp³-hybridized carbons (Fsp3) is 0.600. The highest BCUT2D eigenvalue weighted by Crippen LogP contribution is 2.22. The Bertz CT molecular complexity index is 176. The first-order chi connectivity index (χ1) is 5.13.